The number of hydrogen-bond acceptors (Lipinski definition) is 4. The Kier molecular flexibility index (Phi) is 6.70. The third kappa shape index (κ3) is 5.91. The summed E-state index contributed by atoms with van der Waals surface area (Å²) in [5.41, 5.74) is 9.61. The first-order valence-electron chi connectivity index (χ1n) is 9.18. The van der Waals surface area contributed by atoms with E-state index in [-0.39, 0.29) is 18.2 Å². The van der Waals surface area contributed by atoms with E-state index in [9.17, 15) is 14.3 Å². The Morgan fingerprint density at radius 3 is 2.76 bits per heavy atom. The Hall–Kier alpha value is -2.66. The molecule has 5 nitrogen and oxygen atoms in total. The fourth-order valence-corrected chi connectivity index (χ4v) is 4.51. The molecule has 1 heterocycles. The van der Waals surface area contributed by atoms with Gasteiger partial charge in [0.1, 0.15) is 0 Å². The summed E-state index contributed by atoms with van der Waals surface area (Å²) in [5, 5.41) is 4.81. The van der Waals surface area contributed by atoms with Gasteiger partial charge in [0.25, 0.3) is 0 Å². The molecule has 0 fully saturated rings. The Morgan fingerprint density at radius 2 is 2.03 bits per heavy atom. The second kappa shape index (κ2) is 9.23. The number of carbonyl (C=O) groups excluding carboxylic acids is 1. The Morgan fingerprint density at radius 1 is 1.21 bits per heavy atom. The van der Waals surface area contributed by atoms with E-state index in [1.807, 2.05) is 53.9 Å². The highest BCUT2D eigenvalue weighted by Crippen LogP contribution is 2.43. The summed E-state index contributed by atoms with van der Waals surface area (Å²) in [6.07, 6.45) is 3.46. The van der Waals surface area contributed by atoms with E-state index in [1.165, 1.54) is 6.08 Å². The van der Waals surface area contributed by atoms with Gasteiger partial charge in [-0.15, -0.1) is 11.3 Å². The average Bonchev–Trinajstić information content (AvgIpc) is 3.23. The average molecular weight is 426 g/mol. The molecule has 150 valence electrons. The van der Waals surface area contributed by atoms with E-state index in [4.69, 9.17) is 5.73 Å². The van der Waals surface area contributed by atoms with Crippen LogP contribution in [0.4, 0.5) is 11.4 Å². The van der Waals surface area contributed by atoms with E-state index in [2.05, 4.69) is 5.32 Å². The van der Waals surface area contributed by atoms with E-state index >= 15 is 0 Å². The summed E-state index contributed by atoms with van der Waals surface area (Å²) in [4.78, 5) is 23.3. The predicted molar refractivity (Wildman–Crippen MR) is 122 cm³/mol. The zero-order valence-electron chi connectivity index (χ0n) is 16.0. The largest absolute Gasteiger partial charge is 0.397 e. The second-order valence-corrected chi connectivity index (χ2v) is 10.3. The van der Waals surface area contributed by atoms with Crippen molar-refractivity contribution in [2.75, 3.05) is 17.2 Å². The van der Waals surface area contributed by atoms with Crippen LogP contribution in [0, 0.1) is 0 Å². The first-order valence-corrected chi connectivity index (χ1v) is 12.1. The standard InChI is InChI=1S/C22H23N2O3PS/c1-2-28(26,27)15-17-6-3-5-16(13-17)8-11-22(25)24-20-14-18(9-10-19(20)23)21-7-4-12-29-21/h3-14H,2,15,23H2,1H3,(H,24,25)(H,26,27)/b11-8+. The summed E-state index contributed by atoms with van der Waals surface area (Å²) in [5.74, 6) is -0.299. The molecule has 4 N–H and O–H groups in total. The molecule has 1 aromatic heterocycles. The van der Waals surface area contributed by atoms with Crippen LogP contribution in [0.25, 0.3) is 16.5 Å². The molecule has 1 atom stereocenters. The molecule has 0 bridgehead atoms. The number of thiophene rings is 1. The number of anilines is 2. The number of carbonyl (C=O) groups is 1. The minimum atomic E-state index is -3.15. The minimum absolute atomic E-state index is 0.128. The number of benzene rings is 2. The minimum Gasteiger partial charge on any atom is -0.397 e. The molecule has 0 aliphatic heterocycles. The van der Waals surface area contributed by atoms with Gasteiger partial charge in [-0.3, -0.25) is 9.36 Å². The van der Waals surface area contributed by atoms with E-state index in [1.54, 1.807) is 30.4 Å². The van der Waals surface area contributed by atoms with E-state index in [0.717, 1.165) is 21.6 Å². The number of rotatable bonds is 7. The lowest BCUT2D eigenvalue weighted by Gasteiger charge is -2.09. The quantitative estimate of drug-likeness (QED) is 0.266. The number of nitrogens with one attached hydrogen (secondary N) is 1. The molecule has 3 aromatic rings. The van der Waals surface area contributed by atoms with Crippen LogP contribution in [0.2, 0.25) is 0 Å². The first kappa shape index (κ1) is 21.1. The van der Waals surface area contributed by atoms with Crippen LogP contribution in [0.3, 0.4) is 0 Å². The maximum atomic E-state index is 12.4. The fraction of sp³-hybridized carbons (Fsp3) is 0.136. The number of hydrogen-bond donors (Lipinski definition) is 3. The number of nitrogens with two attached hydrogens (primary N) is 1. The van der Waals surface area contributed by atoms with Crippen molar-refractivity contribution in [2.45, 2.75) is 13.1 Å². The zero-order valence-corrected chi connectivity index (χ0v) is 17.7. The Labute approximate surface area is 174 Å². The fourth-order valence-electron chi connectivity index (χ4n) is 2.80. The Balaban J connectivity index is 1.70. The van der Waals surface area contributed by atoms with Crippen molar-refractivity contribution < 1.29 is 14.3 Å². The third-order valence-corrected chi connectivity index (χ3v) is 7.19. The molecular formula is C22H23N2O3PS. The first-order chi connectivity index (χ1) is 13.9. The zero-order chi connectivity index (χ0) is 20.9. The van der Waals surface area contributed by atoms with Gasteiger partial charge < -0.3 is 15.9 Å². The van der Waals surface area contributed by atoms with Crippen LogP contribution in [-0.2, 0) is 15.5 Å². The summed E-state index contributed by atoms with van der Waals surface area (Å²) in [6.45, 7) is 1.70. The van der Waals surface area contributed by atoms with Gasteiger partial charge in [0, 0.05) is 23.3 Å². The van der Waals surface area contributed by atoms with Gasteiger partial charge in [-0.2, -0.15) is 0 Å². The number of amides is 1. The SMILES string of the molecule is CCP(=O)(O)Cc1cccc(/C=C/C(=O)Nc2cc(-c3cccs3)ccc2N)c1. The molecule has 0 saturated carbocycles. The molecule has 1 unspecified atom stereocenters. The molecule has 0 aliphatic carbocycles. The maximum Gasteiger partial charge on any atom is 0.248 e. The molecule has 29 heavy (non-hydrogen) atoms. The van der Waals surface area contributed by atoms with Gasteiger partial charge in [-0.05, 0) is 46.3 Å². The smallest absolute Gasteiger partial charge is 0.248 e. The van der Waals surface area contributed by atoms with Crippen molar-refractivity contribution in [3.63, 3.8) is 0 Å². The van der Waals surface area contributed by atoms with Crippen LogP contribution in [0.1, 0.15) is 18.1 Å². The highest BCUT2D eigenvalue weighted by Gasteiger charge is 2.15. The summed E-state index contributed by atoms with van der Waals surface area (Å²) in [6, 6.07) is 16.8. The van der Waals surface area contributed by atoms with Crippen molar-refractivity contribution in [1.82, 2.24) is 0 Å². The highest BCUT2D eigenvalue weighted by molar-refractivity contribution is 7.57. The molecule has 2 aromatic carbocycles. The molecule has 0 saturated heterocycles. The summed E-state index contributed by atoms with van der Waals surface area (Å²) < 4.78 is 11.9. The normalized spacial score (nSPS) is 13.3. The van der Waals surface area contributed by atoms with Crippen molar-refractivity contribution >= 4 is 42.1 Å². The van der Waals surface area contributed by atoms with Crippen LogP contribution in [-0.4, -0.2) is 17.0 Å². The third-order valence-electron chi connectivity index (χ3n) is 4.42. The van der Waals surface area contributed by atoms with Gasteiger partial charge in [0.2, 0.25) is 13.3 Å². The molecule has 0 spiro atoms. The number of nitrogen functional groups attached to an aromatic ring is 1. The topological polar surface area (TPSA) is 92.4 Å². The van der Waals surface area contributed by atoms with Gasteiger partial charge in [-0.1, -0.05) is 43.3 Å². The van der Waals surface area contributed by atoms with Crippen molar-refractivity contribution in [2.24, 2.45) is 0 Å². The monoisotopic (exact) mass is 426 g/mol. The van der Waals surface area contributed by atoms with Crippen LogP contribution >= 0.6 is 18.7 Å². The molecule has 0 aliphatic rings. The predicted octanol–water partition coefficient (Wildman–Crippen LogP) is 5.44. The lowest BCUT2D eigenvalue weighted by Crippen LogP contribution is -2.09. The van der Waals surface area contributed by atoms with Gasteiger partial charge in [-0.25, -0.2) is 0 Å². The van der Waals surface area contributed by atoms with Gasteiger partial charge in [0.15, 0.2) is 0 Å². The van der Waals surface area contributed by atoms with E-state index < -0.39 is 7.37 Å². The second-order valence-electron chi connectivity index (χ2n) is 6.67. The van der Waals surface area contributed by atoms with Gasteiger partial charge >= 0.3 is 0 Å². The lowest BCUT2D eigenvalue weighted by molar-refractivity contribution is -0.111. The van der Waals surface area contributed by atoms with Crippen LogP contribution in [0.15, 0.2) is 66.1 Å². The van der Waals surface area contributed by atoms with Gasteiger partial charge in [0.05, 0.1) is 11.4 Å². The Bertz CT molecular complexity index is 1080. The van der Waals surface area contributed by atoms with Crippen LogP contribution < -0.4 is 11.1 Å². The highest BCUT2D eigenvalue weighted by atomic mass is 32.1. The summed E-state index contributed by atoms with van der Waals surface area (Å²) >= 11 is 1.62. The maximum absolute atomic E-state index is 12.4. The van der Waals surface area contributed by atoms with Crippen molar-refractivity contribution in [1.29, 1.82) is 0 Å². The van der Waals surface area contributed by atoms with Crippen LogP contribution in [0.5, 0.6) is 0 Å². The lowest BCUT2D eigenvalue weighted by atomic mass is 10.1. The molecule has 0 radical (unpaired) electrons. The van der Waals surface area contributed by atoms with E-state index in [0.29, 0.717) is 11.4 Å². The molecule has 7 heteroatoms. The van der Waals surface area contributed by atoms with Crippen molar-refractivity contribution in [3.8, 4) is 10.4 Å². The molecule has 1 amide bonds. The molecule has 3 rings (SSSR count). The van der Waals surface area contributed by atoms with Crippen molar-refractivity contribution in [3.05, 3.63) is 77.2 Å². The molecular weight excluding hydrogens is 403 g/mol. The summed E-state index contributed by atoms with van der Waals surface area (Å²) in [7, 11) is -3.15.